The van der Waals surface area contributed by atoms with Gasteiger partial charge in [-0.3, -0.25) is 20.3 Å². The van der Waals surface area contributed by atoms with E-state index < -0.39 is 5.82 Å². The number of carbonyl (C=O) groups is 1. The van der Waals surface area contributed by atoms with Gasteiger partial charge in [0.15, 0.2) is 6.61 Å². The van der Waals surface area contributed by atoms with Crippen LogP contribution in [0.3, 0.4) is 0 Å². The quantitative estimate of drug-likeness (QED) is 0.667. The fourth-order valence-corrected chi connectivity index (χ4v) is 5.72. The number of nitrogens with zero attached hydrogens (tertiary/aromatic N) is 1. The third-order valence-electron chi connectivity index (χ3n) is 6.72. The first-order valence-corrected chi connectivity index (χ1v) is 10.5. The van der Waals surface area contributed by atoms with Crippen LogP contribution in [0.1, 0.15) is 32.1 Å². The molecule has 28 heavy (non-hydrogen) atoms. The van der Waals surface area contributed by atoms with Crippen LogP contribution in [-0.4, -0.2) is 60.3 Å². The van der Waals surface area contributed by atoms with E-state index in [9.17, 15) is 9.18 Å². The molecule has 2 bridgehead atoms. The second-order valence-electron chi connectivity index (χ2n) is 8.83. The standard InChI is InChI=1S/C20H26ClFN4O2/c21-14-4-3-13(8-15(14)22)28-9-17(27)24-19-10-20(11-19,12-19)25-18-16-2-1-6-26(16)7-5-23-18/h3-4,8,16,18,23,25H,1-2,5-7,9-12H2,(H,24,27). The summed E-state index contributed by atoms with van der Waals surface area (Å²) in [7, 11) is 0. The average molecular weight is 409 g/mol. The first-order valence-electron chi connectivity index (χ1n) is 10.1. The van der Waals surface area contributed by atoms with Crippen LogP contribution in [0.25, 0.3) is 0 Å². The number of rotatable bonds is 6. The zero-order valence-electron chi connectivity index (χ0n) is 15.8. The first kappa shape index (κ1) is 18.6. The first-order chi connectivity index (χ1) is 13.5. The molecule has 2 atom stereocenters. The summed E-state index contributed by atoms with van der Waals surface area (Å²) >= 11 is 5.65. The zero-order valence-corrected chi connectivity index (χ0v) is 16.5. The summed E-state index contributed by atoms with van der Waals surface area (Å²) in [6, 6.07) is 4.77. The molecule has 6 rings (SSSR count). The van der Waals surface area contributed by atoms with E-state index in [0.717, 1.165) is 32.4 Å². The molecule has 0 radical (unpaired) electrons. The van der Waals surface area contributed by atoms with Crippen LogP contribution in [0, 0.1) is 5.82 Å². The van der Waals surface area contributed by atoms with Gasteiger partial charge in [0.05, 0.1) is 11.2 Å². The molecule has 2 aliphatic heterocycles. The Morgan fingerprint density at radius 3 is 2.93 bits per heavy atom. The Hall–Kier alpha value is -1.41. The number of carbonyl (C=O) groups excluding carboxylic acids is 1. The molecule has 0 aromatic heterocycles. The molecule has 3 N–H and O–H groups in total. The van der Waals surface area contributed by atoms with E-state index in [4.69, 9.17) is 16.3 Å². The summed E-state index contributed by atoms with van der Waals surface area (Å²) < 4.78 is 18.8. The van der Waals surface area contributed by atoms with Crippen molar-refractivity contribution >= 4 is 17.5 Å². The van der Waals surface area contributed by atoms with Crippen molar-refractivity contribution in [1.82, 2.24) is 20.9 Å². The predicted molar refractivity (Wildman–Crippen MR) is 104 cm³/mol. The van der Waals surface area contributed by atoms with Crippen molar-refractivity contribution in [2.24, 2.45) is 0 Å². The fourth-order valence-electron chi connectivity index (χ4n) is 5.60. The molecule has 3 aliphatic carbocycles. The summed E-state index contributed by atoms with van der Waals surface area (Å²) in [6.45, 7) is 3.28. The maximum Gasteiger partial charge on any atom is 0.258 e. The lowest BCUT2D eigenvalue weighted by molar-refractivity contribution is -0.147. The number of halogens is 2. The van der Waals surface area contributed by atoms with Gasteiger partial charge in [-0.15, -0.1) is 0 Å². The topological polar surface area (TPSA) is 65.6 Å². The third-order valence-corrected chi connectivity index (χ3v) is 7.03. The van der Waals surface area contributed by atoms with Crippen LogP contribution in [0.5, 0.6) is 5.75 Å². The Labute approximate surface area is 169 Å². The van der Waals surface area contributed by atoms with Gasteiger partial charge in [-0.2, -0.15) is 0 Å². The molecule has 2 heterocycles. The number of benzene rings is 1. The van der Waals surface area contributed by atoms with Gasteiger partial charge in [0.1, 0.15) is 11.6 Å². The van der Waals surface area contributed by atoms with E-state index >= 15 is 0 Å². The molecular weight excluding hydrogens is 383 g/mol. The van der Waals surface area contributed by atoms with E-state index in [1.165, 1.54) is 31.5 Å². The molecule has 5 aliphatic rings. The molecule has 1 aromatic carbocycles. The SMILES string of the molecule is O=C(COc1ccc(Cl)c(F)c1)NC12CC(NC3NCCN4CCCC34)(C1)C2. The number of amides is 1. The minimum atomic E-state index is -0.552. The summed E-state index contributed by atoms with van der Waals surface area (Å²) in [5.41, 5.74) is 0.0689. The summed E-state index contributed by atoms with van der Waals surface area (Å²) in [5.74, 6) is -0.414. The van der Waals surface area contributed by atoms with Crippen molar-refractivity contribution in [3.8, 4) is 5.75 Å². The lowest BCUT2D eigenvalue weighted by Crippen LogP contribution is -2.86. The van der Waals surface area contributed by atoms with Crippen LogP contribution in [0.2, 0.25) is 5.02 Å². The number of fused-ring (bicyclic) bond motifs is 1. The van der Waals surface area contributed by atoms with Crippen molar-refractivity contribution < 1.29 is 13.9 Å². The summed E-state index contributed by atoms with van der Waals surface area (Å²) in [6.07, 6.45) is 5.79. The smallest absolute Gasteiger partial charge is 0.258 e. The predicted octanol–water partition coefficient (Wildman–Crippen LogP) is 1.63. The van der Waals surface area contributed by atoms with Gasteiger partial charge in [0.2, 0.25) is 0 Å². The van der Waals surface area contributed by atoms with Crippen LogP contribution in [0.4, 0.5) is 4.39 Å². The van der Waals surface area contributed by atoms with Crippen molar-refractivity contribution in [3.63, 3.8) is 0 Å². The van der Waals surface area contributed by atoms with Crippen molar-refractivity contribution in [2.75, 3.05) is 26.2 Å². The number of hydrogen-bond donors (Lipinski definition) is 3. The Kier molecular flexibility index (Phi) is 4.54. The second kappa shape index (κ2) is 6.83. The van der Waals surface area contributed by atoms with Crippen LogP contribution in [-0.2, 0) is 4.79 Å². The molecule has 1 aromatic rings. The molecule has 0 spiro atoms. The lowest BCUT2D eigenvalue weighted by atomic mass is 9.44. The average Bonchev–Trinajstić information content (AvgIpc) is 3.09. The van der Waals surface area contributed by atoms with E-state index in [1.54, 1.807) is 6.07 Å². The van der Waals surface area contributed by atoms with Gasteiger partial charge in [0, 0.05) is 36.3 Å². The van der Waals surface area contributed by atoms with E-state index in [0.29, 0.717) is 18.0 Å². The fraction of sp³-hybridized carbons (Fsp3) is 0.650. The lowest BCUT2D eigenvalue weighted by Gasteiger charge is -2.71. The highest BCUT2D eigenvalue weighted by molar-refractivity contribution is 6.30. The molecule has 5 fully saturated rings. The van der Waals surface area contributed by atoms with Crippen LogP contribution >= 0.6 is 11.6 Å². The molecule has 6 nitrogen and oxygen atoms in total. The van der Waals surface area contributed by atoms with E-state index in [2.05, 4.69) is 20.9 Å². The van der Waals surface area contributed by atoms with Gasteiger partial charge in [0.25, 0.3) is 5.91 Å². The summed E-state index contributed by atoms with van der Waals surface area (Å²) in [4.78, 5) is 14.8. The summed E-state index contributed by atoms with van der Waals surface area (Å²) in [5, 5.41) is 10.6. The molecule has 1 amide bonds. The third kappa shape index (κ3) is 3.28. The highest BCUT2D eigenvalue weighted by Gasteiger charge is 2.69. The van der Waals surface area contributed by atoms with Gasteiger partial charge in [-0.1, -0.05) is 11.6 Å². The van der Waals surface area contributed by atoms with Gasteiger partial charge in [-0.05, 0) is 50.8 Å². The largest absolute Gasteiger partial charge is 0.484 e. The highest BCUT2D eigenvalue weighted by atomic mass is 35.5. The minimum absolute atomic E-state index is 0.0386. The normalized spacial score (nSPS) is 36.2. The Morgan fingerprint density at radius 2 is 2.14 bits per heavy atom. The molecule has 152 valence electrons. The Morgan fingerprint density at radius 1 is 1.32 bits per heavy atom. The van der Waals surface area contributed by atoms with Crippen molar-refractivity contribution in [1.29, 1.82) is 0 Å². The van der Waals surface area contributed by atoms with Gasteiger partial charge >= 0.3 is 0 Å². The van der Waals surface area contributed by atoms with Crippen molar-refractivity contribution in [2.45, 2.75) is 55.4 Å². The highest BCUT2D eigenvalue weighted by Crippen LogP contribution is 2.60. The Bertz CT molecular complexity index is 772. The molecule has 3 saturated carbocycles. The van der Waals surface area contributed by atoms with Gasteiger partial charge in [-0.25, -0.2) is 4.39 Å². The number of ether oxygens (including phenoxy) is 1. The van der Waals surface area contributed by atoms with Gasteiger partial charge < -0.3 is 10.1 Å². The molecule has 2 unspecified atom stereocenters. The number of nitrogens with one attached hydrogen (secondary N) is 3. The zero-order chi connectivity index (χ0) is 19.4. The van der Waals surface area contributed by atoms with E-state index in [-0.39, 0.29) is 28.6 Å². The van der Waals surface area contributed by atoms with Crippen LogP contribution < -0.4 is 20.7 Å². The monoisotopic (exact) mass is 408 g/mol. The molecule has 2 saturated heterocycles. The Balaban J connectivity index is 1.08. The number of hydrogen-bond acceptors (Lipinski definition) is 5. The maximum atomic E-state index is 13.4. The minimum Gasteiger partial charge on any atom is -0.484 e. The second-order valence-corrected chi connectivity index (χ2v) is 9.23. The number of piperazine rings is 1. The van der Waals surface area contributed by atoms with Crippen molar-refractivity contribution in [3.05, 3.63) is 29.0 Å². The molecule has 8 heteroatoms. The van der Waals surface area contributed by atoms with E-state index in [1.807, 2.05) is 0 Å². The van der Waals surface area contributed by atoms with Crippen LogP contribution in [0.15, 0.2) is 18.2 Å². The maximum absolute atomic E-state index is 13.4. The molecular formula is C20H26ClFN4O2.